The van der Waals surface area contributed by atoms with Crippen LogP contribution in [0.5, 0.6) is 5.75 Å². The lowest BCUT2D eigenvalue weighted by Crippen LogP contribution is -2.27. The van der Waals surface area contributed by atoms with E-state index in [-0.39, 0.29) is 23.9 Å². The summed E-state index contributed by atoms with van der Waals surface area (Å²) in [6.07, 6.45) is 0. The molecule has 1 atom stereocenters. The van der Waals surface area contributed by atoms with E-state index in [1.165, 1.54) is 10.8 Å². The Labute approximate surface area is 121 Å². The van der Waals surface area contributed by atoms with Crippen molar-refractivity contribution in [3.8, 4) is 5.75 Å². The van der Waals surface area contributed by atoms with E-state index in [2.05, 4.69) is 39.0 Å². The maximum Gasteiger partial charge on any atom is 0.124 e. The maximum absolute atomic E-state index is 6.43. The summed E-state index contributed by atoms with van der Waals surface area (Å²) in [6.45, 7) is 6.46. The molecule has 0 aliphatic rings. The minimum Gasteiger partial charge on any atom is -0.496 e. The van der Waals surface area contributed by atoms with Crippen LogP contribution in [-0.4, -0.2) is 7.11 Å². The number of benzene rings is 2. The van der Waals surface area contributed by atoms with Gasteiger partial charge in [0.2, 0.25) is 0 Å². The smallest absolute Gasteiger partial charge is 0.124 e. The van der Waals surface area contributed by atoms with Crippen molar-refractivity contribution in [2.75, 3.05) is 7.11 Å². The largest absolute Gasteiger partial charge is 0.496 e. The SMILES string of the molecule is COc1ccc2ccccc2c1[C@H](N)C(C)(C)C.Cl. The molecule has 0 spiro atoms. The molecule has 0 heterocycles. The third kappa shape index (κ3) is 3.02. The van der Waals surface area contributed by atoms with E-state index < -0.39 is 0 Å². The van der Waals surface area contributed by atoms with E-state index >= 15 is 0 Å². The van der Waals surface area contributed by atoms with Crippen molar-refractivity contribution < 1.29 is 4.74 Å². The normalized spacial score (nSPS) is 12.9. The Morgan fingerprint density at radius 1 is 1.05 bits per heavy atom. The highest BCUT2D eigenvalue weighted by molar-refractivity contribution is 5.88. The Morgan fingerprint density at radius 2 is 1.68 bits per heavy atom. The summed E-state index contributed by atoms with van der Waals surface area (Å²) in [6, 6.07) is 12.3. The average molecular weight is 280 g/mol. The quantitative estimate of drug-likeness (QED) is 0.889. The Morgan fingerprint density at radius 3 is 2.26 bits per heavy atom. The van der Waals surface area contributed by atoms with Crippen LogP contribution in [-0.2, 0) is 0 Å². The second-order valence-electron chi connectivity index (χ2n) is 5.75. The first-order valence-corrected chi connectivity index (χ1v) is 6.26. The van der Waals surface area contributed by atoms with Gasteiger partial charge >= 0.3 is 0 Å². The number of rotatable bonds is 2. The molecule has 2 N–H and O–H groups in total. The zero-order chi connectivity index (χ0) is 13.3. The van der Waals surface area contributed by atoms with E-state index in [4.69, 9.17) is 10.5 Å². The molecule has 0 saturated heterocycles. The number of ether oxygens (including phenoxy) is 1. The molecule has 2 nitrogen and oxygen atoms in total. The monoisotopic (exact) mass is 279 g/mol. The second kappa shape index (κ2) is 5.81. The molecule has 0 bridgehead atoms. The van der Waals surface area contributed by atoms with E-state index in [1.54, 1.807) is 7.11 Å². The fourth-order valence-electron chi connectivity index (χ4n) is 2.21. The summed E-state index contributed by atoms with van der Waals surface area (Å²) in [5.74, 6) is 0.871. The number of hydrogen-bond donors (Lipinski definition) is 1. The van der Waals surface area contributed by atoms with Crippen molar-refractivity contribution in [3.63, 3.8) is 0 Å². The highest BCUT2D eigenvalue weighted by Crippen LogP contribution is 2.39. The van der Waals surface area contributed by atoms with Gasteiger partial charge in [0.1, 0.15) is 5.75 Å². The molecule has 0 aliphatic carbocycles. The van der Waals surface area contributed by atoms with Gasteiger partial charge in [-0.1, -0.05) is 51.1 Å². The van der Waals surface area contributed by atoms with E-state index in [1.807, 2.05) is 18.2 Å². The standard InChI is InChI=1S/C16H21NO.ClH/c1-16(2,3)15(17)14-12-8-6-5-7-11(12)9-10-13(14)18-4;/h5-10,15H,17H2,1-4H3;1H/t15-;/m0./s1. The first kappa shape index (κ1) is 15.8. The van der Waals surface area contributed by atoms with Gasteiger partial charge in [0, 0.05) is 11.6 Å². The highest BCUT2D eigenvalue weighted by atomic mass is 35.5. The Kier molecular flexibility index (Phi) is 4.83. The minimum atomic E-state index is -0.0569. The van der Waals surface area contributed by atoms with Crippen molar-refractivity contribution in [1.29, 1.82) is 0 Å². The first-order valence-electron chi connectivity index (χ1n) is 6.26. The van der Waals surface area contributed by atoms with Crippen molar-refractivity contribution in [2.24, 2.45) is 11.1 Å². The summed E-state index contributed by atoms with van der Waals surface area (Å²) < 4.78 is 5.49. The molecule has 19 heavy (non-hydrogen) atoms. The number of halogens is 1. The molecule has 2 aromatic rings. The molecule has 3 heteroatoms. The number of nitrogens with two attached hydrogens (primary N) is 1. The molecule has 2 aromatic carbocycles. The Bertz CT molecular complexity index is 560. The van der Waals surface area contributed by atoms with Crippen LogP contribution in [0.25, 0.3) is 10.8 Å². The molecule has 0 radical (unpaired) electrons. The van der Waals surface area contributed by atoms with Crippen LogP contribution in [0.15, 0.2) is 36.4 Å². The highest BCUT2D eigenvalue weighted by Gasteiger charge is 2.26. The molecule has 104 valence electrons. The van der Waals surface area contributed by atoms with E-state index in [0.717, 1.165) is 11.3 Å². The van der Waals surface area contributed by atoms with Gasteiger partial charge in [0.05, 0.1) is 7.11 Å². The Hall–Kier alpha value is -1.25. The Balaban J connectivity index is 0.00000180. The molecular weight excluding hydrogens is 258 g/mol. The predicted octanol–water partition coefficient (Wildman–Crippen LogP) is 4.32. The fraction of sp³-hybridized carbons (Fsp3) is 0.375. The summed E-state index contributed by atoms with van der Waals surface area (Å²) in [7, 11) is 1.70. The lowest BCUT2D eigenvalue weighted by atomic mass is 9.81. The number of fused-ring (bicyclic) bond motifs is 1. The van der Waals surface area contributed by atoms with Gasteiger partial charge in [-0.3, -0.25) is 0 Å². The van der Waals surface area contributed by atoms with Crippen molar-refractivity contribution >= 4 is 23.2 Å². The molecular formula is C16H22ClNO. The van der Waals surface area contributed by atoms with Gasteiger partial charge in [0.15, 0.2) is 0 Å². The number of methoxy groups -OCH3 is 1. The van der Waals surface area contributed by atoms with Crippen LogP contribution < -0.4 is 10.5 Å². The van der Waals surface area contributed by atoms with Crippen molar-refractivity contribution in [2.45, 2.75) is 26.8 Å². The van der Waals surface area contributed by atoms with E-state index in [0.29, 0.717) is 0 Å². The summed E-state index contributed by atoms with van der Waals surface area (Å²) in [5, 5.41) is 2.38. The van der Waals surface area contributed by atoms with Crippen molar-refractivity contribution in [3.05, 3.63) is 42.0 Å². The molecule has 0 fully saturated rings. The van der Waals surface area contributed by atoms with Gasteiger partial charge in [-0.2, -0.15) is 0 Å². The van der Waals surface area contributed by atoms with Crippen LogP contribution in [0, 0.1) is 5.41 Å². The number of hydrogen-bond acceptors (Lipinski definition) is 2. The molecule has 2 rings (SSSR count). The minimum absolute atomic E-state index is 0. The zero-order valence-corrected chi connectivity index (χ0v) is 12.8. The van der Waals surface area contributed by atoms with Gasteiger partial charge in [-0.15, -0.1) is 12.4 Å². The van der Waals surface area contributed by atoms with Gasteiger partial charge in [0.25, 0.3) is 0 Å². The topological polar surface area (TPSA) is 35.2 Å². The lowest BCUT2D eigenvalue weighted by Gasteiger charge is -2.29. The zero-order valence-electron chi connectivity index (χ0n) is 11.9. The first-order chi connectivity index (χ1) is 8.45. The van der Waals surface area contributed by atoms with Crippen LogP contribution in [0.2, 0.25) is 0 Å². The third-order valence-electron chi connectivity index (χ3n) is 3.39. The molecule has 0 aromatic heterocycles. The van der Waals surface area contributed by atoms with Crippen LogP contribution in [0.4, 0.5) is 0 Å². The van der Waals surface area contributed by atoms with Crippen LogP contribution in [0.3, 0.4) is 0 Å². The van der Waals surface area contributed by atoms with Gasteiger partial charge in [-0.05, 0) is 22.3 Å². The van der Waals surface area contributed by atoms with Crippen molar-refractivity contribution in [1.82, 2.24) is 0 Å². The summed E-state index contributed by atoms with van der Waals surface area (Å²) in [5.41, 5.74) is 7.53. The molecule has 0 amide bonds. The fourth-order valence-corrected chi connectivity index (χ4v) is 2.21. The van der Waals surface area contributed by atoms with Crippen LogP contribution in [0.1, 0.15) is 32.4 Å². The van der Waals surface area contributed by atoms with Crippen LogP contribution >= 0.6 is 12.4 Å². The predicted molar refractivity (Wildman–Crippen MR) is 84.1 cm³/mol. The average Bonchev–Trinajstić information content (AvgIpc) is 2.35. The lowest BCUT2D eigenvalue weighted by molar-refractivity contribution is 0.316. The summed E-state index contributed by atoms with van der Waals surface area (Å²) >= 11 is 0. The molecule has 0 saturated carbocycles. The molecule has 0 aliphatic heterocycles. The maximum atomic E-state index is 6.43. The van der Waals surface area contributed by atoms with Gasteiger partial charge in [-0.25, -0.2) is 0 Å². The third-order valence-corrected chi connectivity index (χ3v) is 3.39. The molecule has 0 unspecified atom stereocenters. The summed E-state index contributed by atoms with van der Waals surface area (Å²) in [4.78, 5) is 0. The van der Waals surface area contributed by atoms with Gasteiger partial charge < -0.3 is 10.5 Å². The van der Waals surface area contributed by atoms with E-state index in [9.17, 15) is 0 Å². The second-order valence-corrected chi connectivity index (χ2v) is 5.75.